The molecule has 0 heterocycles. The first-order chi connectivity index (χ1) is 6.22. The predicted octanol–water partition coefficient (Wildman–Crippen LogP) is 2.20. The molecule has 13 heavy (non-hydrogen) atoms. The molecule has 1 fully saturated rings. The molecule has 2 rings (SSSR count). The van der Waals surface area contributed by atoms with Gasteiger partial charge in [0.05, 0.1) is 0 Å². The van der Waals surface area contributed by atoms with Crippen LogP contribution in [0.15, 0.2) is 18.2 Å². The van der Waals surface area contributed by atoms with E-state index in [0.717, 1.165) is 17.5 Å². The first-order valence-electron chi connectivity index (χ1n) is 4.68. The quantitative estimate of drug-likeness (QED) is 0.740. The number of rotatable bonds is 2. The summed E-state index contributed by atoms with van der Waals surface area (Å²) in [4.78, 5) is 0. The van der Waals surface area contributed by atoms with Crippen molar-refractivity contribution in [2.75, 3.05) is 6.54 Å². The van der Waals surface area contributed by atoms with Crippen LogP contribution in [0.5, 0.6) is 0 Å². The Kier molecular flexibility index (Phi) is 2.08. The minimum atomic E-state index is -0.0773. The first-order valence-corrected chi connectivity index (χ1v) is 4.68. The molecule has 0 amide bonds. The molecule has 1 nitrogen and oxygen atoms in total. The van der Waals surface area contributed by atoms with Crippen LogP contribution in [0.25, 0.3) is 0 Å². The molecule has 1 aromatic carbocycles. The van der Waals surface area contributed by atoms with Crippen LogP contribution in [0.2, 0.25) is 0 Å². The van der Waals surface area contributed by atoms with Gasteiger partial charge in [0.15, 0.2) is 0 Å². The van der Waals surface area contributed by atoms with Gasteiger partial charge in [-0.25, -0.2) is 4.39 Å². The summed E-state index contributed by atoms with van der Waals surface area (Å²) >= 11 is 0. The molecule has 2 N–H and O–H groups in total. The second kappa shape index (κ2) is 3.11. The molecule has 1 aliphatic carbocycles. The zero-order chi connectivity index (χ0) is 9.42. The molecule has 0 unspecified atom stereocenters. The van der Waals surface area contributed by atoms with Crippen molar-refractivity contribution in [3.05, 3.63) is 35.1 Å². The van der Waals surface area contributed by atoms with E-state index in [1.54, 1.807) is 12.1 Å². The monoisotopic (exact) mass is 179 g/mol. The topological polar surface area (TPSA) is 26.0 Å². The smallest absolute Gasteiger partial charge is 0.126 e. The Morgan fingerprint density at radius 3 is 2.92 bits per heavy atom. The Bertz CT molecular complexity index is 322. The van der Waals surface area contributed by atoms with Crippen molar-refractivity contribution in [3.63, 3.8) is 0 Å². The summed E-state index contributed by atoms with van der Waals surface area (Å²) in [5.74, 6) is 0.813. The van der Waals surface area contributed by atoms with Crippen LogP contribution in [0.1, 0.15) is 23.5 Å². The third kappa shape index (κ3) is 1.59. The van der Waals surface area contributed by atoms with Crippen LogP contribution in [0, 0.1) is 18.7 Å². The summed E-state index contributed by atoms with van der Waals surface area (Å²) in [5, 5.41) is 0. The van der Waals surface area contributed by atoms with Gasteiger partial charge in [-0.2, -0.15) is 0 Å². The van der Waals surface area contributed by atoms with Crippen molar-refractivity contribution >= 4 is 0 Å². The van der Waals surface area contributed by atoms with Crippen LogP contribution in [0.3, 0.4) is 0 Å². The van der Waals surface area contributed by atoms with Gasteiger partial charge in [0, 0.05) is 0 Å². The molecular weight excluding hydrogens is 165 g/mol. The van der Waals surface area contributed by atoms with Gasteiger partial charge in [-0.05, 0) is 43.4 Å². The van der Waals surface area contributed by atoms with Crippen molar-refractivity contribution in [2.24, 2.45) is 11.7 Å². The van der Waals surface area contributed by atoms with Crippen LogP contribution in [-0.2, 0) is 0 Å². The van der Waals surface area contributed by atoms with Crippen molar-refractivity contribution < 1.29 is 4.39 Å². The summed E-state index contributed by atoms with van der Waals surface area (Å²) in [7, 11) is 0. The number of aryl methyl sites for hydroxylation is 1. The summed E-state index contributed by atoms with van der Waals surface area (Å²) < 4.78 is 13.3. The lowest BCUT2D eigenvalue weighted by atomic mass is 10.1. The normalized spacial score (nSPS) is 26.1. The van der Waals surface area contributed by atoms with E-state index in [9.17, 15) is 4.39 Å². The molecule has 0 spiro atoms. The van der Waals surface area contributed by atoms with E-state index in [1.165, 1.54) is 0 Å². The molecule has 0 aromatic heterocycles. The molecule has 0 aliphatic heterocycles. The van der Waals surface area contributed by atoms with Gasteiger partial charge in [-0.15, -0.1) is 0 Å². The molecule has 0 saturated heterocycles. The maximum Gasteiger partial charge on any atom is 0.126 e. The molecule has 2 heteroatoms. The highest BCUT2D eigenvalue weighted by atomic mass is 19.1. The largest absolute Gasteiger partial charge is 0.330 e. The van der Waals surface area contributed by atoms with Gasteiger partial charge in [-0.1, -0.05) is 17.7 Å². The average Bonchev–Trinajstić information content (AvgIpc) is 2.88. The number of nitrogens with two attached hydrogens (primary N) is 1. The lowest BCUT2D eigenvalue weighted by Gasteiger charge is -2.02. The highest BCUT2D eigenvalue weighted by molar-refractivity contribution is 5.31. The van der Waals surface area contributed by atoms with E-state index in [2.05, 4.69) is 0 Å². The minimum absolute atomic E-state index is 0.0773. The van der Waals surface area contributed by atoms with E-state index in [0.29, 0.717) is 18.4 Å². The van der Waals surface area contributed by atoms with Crippen molar-refractivity contribution in [1.29, 1.82) is 0 Å². The van der Waals surface area contributed by atoms with E-state index >= 15 is 0 Å². The summed E-state index contributed by atoms with van der Waals surface area (Å²) in [5.41, 5.74) is 7.51. The zero-order valence-electron chi connectivity index (χ0n) is 7.76. The second-order valence-electron chi connectivity index (χ2n) is 3.86. The average molecular weight is 179 g/mol. The van der Waals surface area contributed by atoms with Crippen LogP contribution in [-0.4, -0.2) is 6.54 Å². The molecule has 1 saturated carbocycles. The van der Waals surface area contributed by atoms with Crippen molar-refractivity contribution in [1.82, 2.24) is 0 Å². The Morgan fingerprint density at radius 1 is 1.54 bits per heavy atom. The van der Waals surface area contributed by atoms with Crippen LogP contribution < -0.4 is 5.73 Å². The fourth-order valence-electron chi connectivity index (χ4n) is 1.84. The highest BCUT2D eigenvalue weighted by Gasteiger charge is 2.38. The maximum absolute atomic E-state index is 13.3. The van der Waals surface area contributed by atoms with Gasteiger partial charge < -0.3 is 5.73 Å². The maximum atomic E-state index is 13.3. The third-order valence-corrected chi connectivity index (χ3v) is 2.78. The standard InChI is InChI=1S/C11H14FN/c1-7-2-3-11(12)10(4-7)9-5-8(9)6-13/h2-4,8-9H,5-6,13H2,1H3/t8-,9+/m0/s1. The molecule has 2 atom stereocenters. The fourth-order valence-corrected chi connectivity index (χ4v) is 1.84. The third-order valence-electron chi connectivity index (χ3n) is 2.78. The summed E-state index contributed by atoms with van der Waals surface area (Å²) in [6.07, 6.45) is 1.05. The fraction of sp³-hybridized carbons (Fsp3) is 0.455. The minimum Gasteiger partial charge on any atom is -0.330 e. The van der Waals surface area contributed by atoms with E-state index in [1.807, 2.05) is 13.0 Å². The highest BCUT2D eigenvalue weighted by Crippen LogP contribution is 2.47. The van der Waals surface area contributed by atoms with E-state index < -0.39 is 0 Å². The van der Waals surface area contributed by atoms with Gasteiger partial charge in [0.25, 0.3) is 0 Å². The van der Waals surface area contributed by atoms with Gasteiger partial charge >= 0.3 is 0 Å². The number of hydrogen-bond acceptors (Lipinski definition) is 1. The van der Waals surface area contributed by atoms with Crippen molar-refractivity contribution in [2.45, 2.75) is 19.3 Å². The SMILES string of the molecule is Cc1ccc(F)c([C@@H]2C[C@H]2CN)c1. The molecule has 1 aromatic rings. The van der Waals surface area contributed by atoms with Gasteiger partial charge in [0.1, 0.15) is 5.82 Å². The first kappa shape index (κ1) is 8.70. The number of benzene rings is 1. The molecular formula is C11H14FN. The van der Waals surface area contributed by atoms with E-state index in [-0.39, 0.29) is 5.82 Å². The number of halogens is 1. The Labute approximate surface area is 77.8 Å². The van der Waals surface area contributed by atoms with E-state index in [4.69, 9.17) is 5.73 Å². The Morgan fingerprint density at radius 2 is 2.31 bits per heavy atom. The summed E-state index contributed by atoms with van der Waals surface area (Å²) in [6, 6.07) is 5.30. The lowest BCUT2D eigenvalue weighted by Crippen LogP contribution is -2.02. The van der Waals surface area contributed by atoms with Crippen LogP contribution >= 0.6 is 0 Å². The molecule has 1 aliphatic rings. The zero-order valence-corrected chi connectivity index (χ0v) is 7.76. The number of hydrogen-bond donors (Lipinski definition) is 1. The van der Waals surface area contributed by atoms with Crippen molar-refractivity contribution in [3.8, 4) is 0 Å². The molecule has 70 valence electrons. The Hall–Kier alpha value is -0.890. The Balaban J connectivity index is 2.25. The summed E-state index contributed by atoms with van der Waals surface area (Å²) in [6.45, 7) is 2.67. The van der Waals surface area contributed by atoms with Gasteiger partial charge in [0.2, 0.25) is 0 Å². The van der Waals surface area contributed by atoms with Gasteiger partial charge in [-0.3, -0.25) is 0 Å². The molecule has 0 radical (unpaired) electrons. The predicted molar refractivity (Wildman–Crippen MR) is 51.0 cm³/mol. The lowest BCUT2D eigenvalue weighted by molar-refractivity contribution is 0.605. The second-order valence-corrected chi connectivity index (χ2v) is 3.86. The molecule has 0 bridgehead atoms. The van der Waals surface area contributed by atoms with Crippen LogP contribution in [0.4, 0.5) is 4.39 Å².